The van der Waals surface area contributed by atoms with Gasteiger partial charge in [-0.15, -0.1) is 31.2 Å². The van der Waals surface area contributed by atoms with E-state index in [1.807, 2.05) is 0 Å². The fourth-order valence-corrected chi connectivity index (χ4v) is 4.54. The van der Waals surface area contributed by atoms with Gasteiger partial charge < -0.3 is 0 Å². The van der Waals surface area contributed by atoms with Crippen LogP contribution in [0.15, 0.2) is 84.5 Å². The first kappa shape index (κ1) is 34.1. The smallest absolute Gasteiger partial charge is 0.273 e. The van der Waals surface area contributed by atoms with Crippen molar-refractivity contribution in [1.82, 2.24) is 0 Å². The van der Waals surface area contributed by atoms with E-state index in [0.717, 1.165) is 6.42 Å². The molecule has 0 amide bonds. The normalized spacial score (nSPS) is 10.8. The standard InChI is InChI=1S/C12H11Si.C9H13.C8H11.2ClH.Zr/c1-3-7-11(8-4-1)13-12-9-5-2-6-10-12;1-6-5-7(2)9(4)8(6)3;1-2-5-8-6-3-4-7-8;;;/h1-10,13H;5H,1-4H3;6-7H,2-3,5H2,1H3;2*1H;/q;2*-1;;;+2. The predicted molar refractivity (Wildman–Crippen MR) is 150 cm³/mol. The molecule has 4 rings (SSSR count). The molecule has 0 spiro atoms. The third kappa shape index (κ3) is 12.8. The topological polar surface area (TPSA) is 0 Å². The Kier molecular flexibility index (Phi) is 19.9. The molecule has 0 heterocycles. The average Bonchev–Trinajstić information content (AvgIpc) is 3.35. The van der Waals surface area contributed by atoms with Gasteiger partial charge in [-0.1, -0.05) is 118 Å². The fourth-order valence-electron chi connectivity index (χ4n) is 3.33. The van der Waals surface area contributed by atoms with Crippen LogP contribution >= 0.6 is 24.8 Å². The summed E-state index contributed by atoms with van der Waals surface area (Å²) < 4.78 is 0. The molecule has 0 bridgehead atoms. The van der Waals surface area contributed by atoms with Gasteiger partial charge in [0, 0.05) is 0 Å². The number of aryl methyl sites for hydroxylation is 2. The first-order chi connectivity index (χ1) is 14.5. The Balaban J connectivity index is 0. The zero-order valence-electron chi connectivity index (χ0n) is 20.5. The van der Waals surface area contributed by atoms with E-state index in [0.29, 0.717) is 0 Å². The average molecular weight is 576 g/mol. The van der Waals surface area contributed by atoms with Crippen LogP contribution in [0.4, 0.5) is 0 Å². The largest absolute Gasteiger partial charge is 2.00 e. The van der Waals surface area contributed by atoms with Gasteiger partial charge in [0.05, 0.1) is 0 Å². The second-order valence-electron chi connectivity index (χ2n) is 7.81. The van der Waals surface area contributed by atoms with Crippen LogP contribution in [0, 0.1) is 33.8 Å². The van der Waals surface area contributed by atoms with Gasteiger partial charge in [-0.3, -0.25) is 6.08 Å². The van der Waals surface area contributed by atoms with Crippen molar-refractivity contribution in [3.8, 4) is 0 Å². The van der Waals surface area contributed by atoms with Crippen LogP contribution in [0.5, 0.6) is 0 Å². The molecular weight excluding hydrogens is 539 g/mol. The summed E-state index contributed by atoms with van der Waals surface area (Å²) in [6.07, 6.45) is 11.0. The minimum Gasteiger partial charge on any atom is -0.273 e. The summed E-state index contributed by atoms with van der Waals surface area (Å²) in [5.74, 6) is 0. The molecule has 3 aromatic rings. The minimum absolute atomic E-state index is 0. The van der Waals surface area contributed by atoms with Crippen LogP contribution in [-0.2, 0) is 26.2 Å². The predicted octanol–water partition coefficient (Wildman–Crippen LogP) is 7.03. The van der Waals surface area contributed by atoms with E-state index in [1.54, 1.807) is 0 Å². The Bertz CT molecular complexity index is 885. The van der Waals surface area contributed by atoms with E-state index in [4.69, 9.17) is 0 Å². The molecule has 0 saturated carbocycles. The Morgan fingerprint density at radius 3 is 1.70 bits per heavy atom. The maximum absolute atomic E-state index is 3.14. The molecule has 0 aliphatic heterocycles. The van der Waals surface area contributed by atoms with E-state index in [2.05, 4.69) is 120 Å². The maximum atomic E-state index is 3.14. The molecule has 3 aromatic carbocycles. The van der Waals surface area contributed by atoms with Crippen molar-refractivity contribution in [2.24, 2.45) is 0 Å². The quantitative estimate of drug-likeness (QED) is 0.232. The van der Waals surface area contributed by atoms with Crippen LogP contribution in [0.3, 0.4) is 0 Å². The van der Waals surface area contributed by atoms with Gasteiger partial charge in [0.1, 0.15) is 9.52 Å². The molecule has 0 fully saturated rings. The molecule has 0 N–H and O–H groups in total. The molecule has 33 heavy (non-hydrogen) atoms. The van der Waals surface area contributed by atoms with Gasteiger partial charge in [-0.2, -0.15) is 34.4 Å². The van der Waals surface area contributed by atoms with E-state index < -0.39 is 0 Å². The van der Waals surface area contributed by atoms with Crippen molar-refractivity contribution in [3.05, 3.63) is 113 Å². The van der Waals surface area contributed by atoms with Crippen LogP contribution in [0.1, 0.15) is 48.4 Å². The monoisotopic (exact) mass is 573 g/mol. The summed E-state index contributed by atoms with van der Waals surface area (Å²) in [6, 6.07) is 23.6. The Hall–Kier alpha value is -1.05. The molecule has 1 aliphatic rings. The first-order valence-electron chi connectivity index (χ1n) is 10.9. The number of hydrogen-bond acceptors (Lipinski definition) is 0. The zero-order chi connectivity index (χ0) is 21.8. The SMILES string of the molecule is CCCC1=CC[C-]=C1.Cc1c[c-](C)c(C)c1C.Cl.Cl.[Zr+2].c1ccc([SiH]c2ccccc2)cc1. The summed E-state index contributed by atoms with van der Waals surface area (Å²) in [4.78, 5) is 0. The molecule has 1 aliphatic carbocycles. The Labute approximate surface area is 236 Å². The van der Waals surface area contributed by atoms with E-state index in [1.165, 1.54) is 51.0 Å². The van der Waals surface area contributed by atoms with Gasteiger partial charge in [0.25, 0.3) is 0 Å². The Morgan fingerprint density at radius 1 is 0.879 bits per heavy atom. The first-order valence-corrected chi connectivity index (χ1v) is 12.1. The van der Waals surface area contributed by atoms with Gasteiger partial charge in [0.15, 0.2) is 0 Å². The molecule has 175 valence electrons. The number of allylic oxidation sites excluding steroid dienone is 4. The van der Waals surface area contributed by atoms with Crippen LogP contribution in [0.2, 0.25) is 0 Å². The summed E-state index contributed by atoms with van der Waals surface area (Å²) in [5, 5.41) is 2.90. The third-order valence-corrected chi connectivity index (χ3v) is 6.86. The van der Waals surface area contributed by atoms with Gasteiger partial charge in [-0.05, 0) is 0 Å². The molecule has 0 saturated heterocycles. The minimum atomic E-state index is 0. The fraction of sp³-hybridized carbons (Fsp3) is 0.276. The number of rotatable bonds is 4. The van der Waals surface area contributed by atoms with Gasteiger partial charge in [-0.25, -0.2) is 11.6 Å². The van der Waals surface area contributed by atoms with Crippen molar-refractivity contribution >= 4 is 44.7 Å². The molecule has 0 nitrogen and oxygen atoms in total. The maximum Gasteiger partial charge on any atom is 2.00 e. The van der Waals surface area contributed by atoms with E-state index in [9.17, 15) is 0 Å². The van der Waals surface area contributed by atoms with Crippen molar-refractivity contribution < 1.29 is 26.2 Å². The molecule has 4 heteroatoms. The Morgan fingerprint density at radius 2 is 1.39 bits per heavy atom. The van der Waals surface area contributed by atoms with Gasteiger partial charge >= 0.3 is 26.2 Å². The van der Waals surface area contributed by atoms with Crippen molar-refractivity contribution in [3.63, 3.8) is 0 Å². The number of benzene rings is 2. The molecule has 0 unspecified atom stereocenters. The number of hydrogen-bond donors (Lipinski definition) is 0. The van der Waals surface area contributed by atoms with Crippen molar-refractivity contribution in [1.29, 1.82) is 0 Å². The molecular formula is C29H37Cl2SiZr. The number of halogens is 2. The summed E-state index contributed by atoms with van der Waals surface area (Å²) in [6.45, 7) is 10.9. The van der Waals surface area contributed by atoms with Crippen LogP contribution in [0.25, 0.3) is 0 Å². The second kappa shape index (κ2) is 19.3. The summed E-state index contributed by atoms with van der Waals surface area (Å²) in [5.41, 5.74) is 7.21. The molecule has 0 atom stereocenters. The second-order valence-corrected chi connectivity index (χ2v) is 9.43. The van der Waals surface area contributed by atoms with Crippen LogP contribution < -0.4 is 10.4 Å². The zero-order valence-corrected chi connectivity index (χ0v) is 25.8. The van der Waals surface area contributed by atoms with Crippen LogP contribution in [-0.4, -0.2) is 9.52 Å². The summed E-state index contributed by atoms with van der Waals surface area (Å²) >= 11 is 0. The van der Waals surface area contributed by atoms with Gasteiger partial charge in [0.2, 0.25) is 0 Å². The summed E-state index contributed by atoms with van der Waals surface area (Å²) in [7, 11) is 0.271. The van der Waals surface area contributed by atoms with Crippen molar-refractivity contribution in [2.45, 2.75) is 53.9 Å². The molecule has 1 radical (unpaired) electrons. The van der Waals surface area contributed by atoms with E-state index >= 15 is 0 Å². The molecule has 0 aromatic heterocycles. The van der Waals surface area contributed by atoms with E-state index in [-0.39, 0.29) is 60.5 Å². The third-order valence-electron chi connectivity index (χ3n) is 5.42. The van der Waals surface area contributed by atoms with Crippen molar-refractivity contribution in [2.75, 3.05) is 0 Å².